The van der Waals surface area contributed by atoms with Gasteiger partial charge in [0, 0.05) is 19.1 Å². The second-order valence-corrected chi connectivity index (χ2v) is 3.09. The molecule has 1 heterocycles. The number of amides is 2. The number of aliphatic carboxylic acids is 1. The first-order valence-corrected chi connectivity index (χ1v) is 4.41. The van der Waals surface area contributed by atoms with Crippen molar-refractivity contribution in [1.82, 2.24) is 10.2 Å². The predicted molar refractivity (Wildman–Crippen MR) is 46.4 cm³/mol. The Balaban J connectivity index is 2.54. The van der Waals surface area contributed by atoms with Crippen LogP contribution in [0.4, 0.5) is 4.79 Å². The molecule has 1 atom stereocenters. The van der Waals surface area contributed by atoms with E-state index in [0.717, 1.165) is 0 Å². The normalized spacial score (nSPS) is 18.5. The Morgan fingerprint density at radius 2 is 2.46 bits per heavy atom. The zero-order chi connectivity index (χ0) is 9.84. The fourth-order valence-corrected chi connectivity index (χ4v) is 1.51. The Hall–Kier alpha value is -1.26. The molecule has 1 aliphatic rings. The van der Waals surface area contributed by atoms with Crippen molar-refractivity contribution < 1.29 is 14.7 Å². The van der Waals surface area contributed by atoms with Crippen molar-refractivity contribution in [2.75, 3.05) is 13.1 Å². The van der Waals surface area contributed by atoms with Gasteiger partial charge in [-0.05, 0) is 6.42 Å². The van der Waals surface area contributed by atoms with Crippen LogP contribution < -0.4 is 5.32 Å². The highest BCUT2D eigenvalue weighted by Crippen LogP contribution is 2.11. The number of hydrogen-bond acceptors (Lipinski definition) is 2. The van der Waals surface area contributed by atoms with Crippen molar-refractivity contribution in [3.63, 3.8) is 0 Å². The van der Waals surface area contributed by atoms with Crippen LogP contribution in [0.25, 0.3) is 0 Å². The van der Waals surface area contributed by atoms with Gasteiger partial charge in [0.1, 0.15) is 0 Å². The lowest BCUT2D eigenvalue weighted by Crippen LogP contribution is -2.38. The summed E-state index contributed by atoms with van der Waals surface area (Å²) in [6.45, 7) is 3.12. The van der Waals surface area contributed by atoms with E-state index in [1.165, 1.54) is 0 Å². The van der Waals surface area contributed by atoms with Crippen LogP contribution in [0, 0.1) is 0 Å². The summed E-state index contributed by atoms with van der Waals surface area (Å²) in [6.07, 6.45) is 0.712. The average Bonchev–Trinajstić information content (AvgIpc) is 2.47. The first-order chi connectivity index (χ1) is 6.15. The molecular weight excluding hydrogens is 172 g/mol. The van der Waals surface area contributed by atoms with E-state index in [0.29, 0.717) is 19.5 Å². The zero-order valence-electron chi connectivity index (χ0n) is 7.62. The van der Waals surface area contributed by atoms with Gasteiger partial charge in [-0.25, -0.2) is 4.79 Å². The van der Waals surface area contributed by atoms with Crippen LogP contribution in [0.2, 0.25) is 0 Å². The van der Waals surface area contributed by atoms with E-state index in [1.54, 1.807) is 4.90 Å². The predicted octanol–water partition coefficient (Wildman–Crippen LogP) is 0.265. The van der Waals surface area contributed by atoms with Gasteiger partial charge in [0.15, 0.2) is 0 Å². The van der Waals surface area contributed by atoms with E-state index < -0.39 is 5.97 Å². The molecule has 0 aromatic carbocycles. The summed E-state index contributed by atoms with van der Waals surface area (Å²) in [5, 5.41) is 11.3. The highest BCUT2D eigenvalue weighted by molar-refractivity contribution is 5.77. The first-order valence-electron chi connectivity index (χ1n) is 4.41. The summed E-state index contributed by atoms with van der Waals surface area (Å²) in [5.41, 5.74) is 0. The average molecular weight is 186 g/mol. The monoisotopic (exact) mass is 186 g/mol. The Morgan fingerprint density at radius 1 is 1.77 bits per heavy atom. The van der Waals surface area contributed by atoms with Gasteiger partial charge >= 0.3 is 12.0 Å². The number of carbonyl (C=O) groups is 2. The summed E-state index contributed by atoms with van der Waals surface area (Å²) >= 11 is 0. The van der Waals surface area contributed by atoms with Crippen LogP contribution in [0.5, 0.6) is 0 Å². The van der Waals surface area contributed by atoms with Gasteiger partial charge in [0.2, 0.25) is 0 Å². The highest BCUT2D eigenvalue weighted by Gasteiger charge is 2.27. The smallest absolute Gasteiger partial charge is 0.317 e. The van der Waals surface area contributed by atoms with Crippen LogP contribution in [-0.2, 0) is 4.79 Å². The maximum atomic E-state index is 11.2. The fraction of sp³-hybridized carbons (Fsp3) is 0.750. The molecule has 1 rings (SSSR count). The quantitative estimate of drug-likeness (QED) is 0.661. The molecule has 1 fully saturated rings. The van der Waals surface area contributed by atoms with E-state index in [1.807, 2.05) is 6.92 Å². The lowest BCUT2D eigenvalue weighted by Gasteiger charge is -2.23. The molecule has 74 valence electrons. The largest absolute Gasteiger partial charge is 0.481 e. The Labute approximate surface area is 76.7 Å². The molecular formula is C8H14N2O3. The molecule has 5 nitrogen and oxygen atoms in total. The minimum absolute atomic E-state index is 0.0317. The fourth-order valence-electron chi connectivity index (χ4n) is 1.51. The number of carboxylic acid groups (broad SMARTS) is 1. The SMILES string of the molecule is CCC(CC(=O)O)N1CCNC1=O. The van der Waals surface area contributed by atoms with Gasteiger partial charge in [-0.15, -0.1) is 0 Å². The molecule has 13 heavy (non-hydrogen) atoms. The topological polar surface area (TPSA) is 69.6 Å². The van der Waals surface area contributed by atoms with Gasteiger partial charge in [0.25, 0.3) is 0 Å². The van der Waals surface area contributed by atoms with Crippen LogP contribution in [0.15, 0.2) is 0 Å². The number of nitrogens with zero attached hydrogens (tertiary/aromatic N) is 1. The van der Waals surface area contributed by atoms with Gasteiger partial charge in [-0.2, -0.15) is 0 Å². The van der Waals surface area contributed by atoms with Gasteiger partial charge in [-0.1, -0.05) is 6.92 Å². The molecule has 0 spiro atoms. The van der Waals surface area contributed by atoms with Crippen LogP contribution in [0.1, 0.15) is 19.8 Å². The number of hydrogen-bond donors (Lipinski definition) is 2. The minimum atomic E-state index is -0.855. The van der Waals surface area contributed by atoms with Crippen molar-refractivity contribution in [2.45, 2.75) is 25.8 Å². The highest BCUT2D eigenvalue weighted by atomic mass is 16.4. The molecule has 1 saturated heterocycles. The second kappa shape index (κ2) is 4.11. The number of nitrogens with one attached hydrogen (secondary N) is 1. The Kier molecular flexibility index (Phi) is 3.11. The maximum Gasteiger partial charge on any atom is 0.317 e. The molecule has 0 aromatic rings. The third-order valence-corrected chi connectivity index (χ3v) is 2.21. The van der Waals surface area contributed by atoms with E-state index in [-0.39, 0.29) is 18.5 Å². The van der Waals surface area contributed by atoms with E-state index in [9.17, 15) is 9.59 Å². The summed E-state index contributed by atoms with van der Waals surface area (Å²) in [7, 11) is 0. The zero-order valence-corrected chi connectivity index (χ0v) is 7.62. The van der Waals surface area contributed by atoms with Crippen molar-refractivity contribution in [3.8, 4) is 0 Å². The Morgan fingerprint density at radius 3 is 2.85 bits per heavy atom. The molecule has 2 amide bonds. The standard InChI is InChI=1S/C8H14N2O3/c1-2-6(5-7(11)12)10-4-3-9-8(10)13/h6H,2-5H2,1H3,(H,9,13)(H,11,12). The van der Waals surface area contributed by atoms with Crippen LogP contribution in [-0.4, -0.2) is 41.1 Å². The molecule has 0 bridgehead atoms. The molecule has 2 N–H and O–H groups in total. The molecule has 0 radical (unpaired) electrons. The number of urea groups is 1. The number of carboxylic acids is 1. The van der Waals surface area contributed by atoms with Gasteiger partial charge in [0.05, 0.1) is 6.42 Å². The molecule has 0 aliphatic carbocycles. The lowest BCUT2D eigenvalue weighted by molar-refractivity contribution is -0.138. The maximum absolute atomic E-state index is 11.2. The van der Waals surface area contributed by atoms with E-state index >= 15 is 0 Å². The minimum Gasteiger partial charge on any atom is -0.481 e. The third-order valence-electron chi connectivity index (χ3n) is 2.21. The summed E-state index contributed by atoms with van der Waals surface area (Å²) in [5.74, 6) is -0.855. The first kappa shape index (κ1) is 9.83. The summed E-state index contributed by atoms with van der Waals surface area (Å²) in [4.78, 5) is 23.2. The molecule has 5 heteroatoms. The van der Waals surface area contributed by atoms with Crippen LogP contribution >= 0.6 is 0 Å². The van der Waals surface area contributed by atoms with Crippen LogP contribution in [0.3, 0.4) is 0 Å². The van der Waals surface area contributed by atoms with Crippen molar-refractivity contribution >= 4 is 12.0 Å². The Bertz CT molecular complexity index is 217. The number of rotatable bonds is 4. The molecule has 1 aliphatic heterocycles. The van der Waals surface area contributed by atoms with Gasteiger partial charge < -0.3 is 15.3 Å². The van der Waals surface area contributed by atoms with E-state index in [4.69, 9.17) is 5.11 Å². The summed E-state index contributed by atoms with van der Waals surface area (Å²) < 4.78 is 0. The molecule has 0 saturated carbocycles. The lowest BCUT2D eigenvalue weighted by atomic mass is 10.1. The number of carbonyl (C=O) groups excluding carboxylic acids is 1. The third kappa shape index (κ3) is 2.34. The van der Waals surface area contributed by atoms with E-state index in [2.05, 4.69) is 5.32 Å². The molecule has 0 aromatic heterocycles. The summed E-state index contributed by atoms with van der Waals surface area (Å²) in [6, 6.07) is -0.312. The van der Waals surface area contributed by atoms with Crippen molar-refractivity contribution in [2.24, 2.45) is 0 Å². The second-order valence-electron chi connectivity index (χ2n) is 3.09. The van der Waals surface area contributed by atoms with Crippen molar-refractivity contribution in [3.05, 3.63) is 0 Å². The van der Waals surface area contributed by atoms with Crippen molar-refractivity contribution in [1.29, 1.82) is 0 Å². The van der Waals surface area contributed by atoms with Gasteiger partial charge in [-0.3, -0.25) is 4.79 Å². The molecule has 1 unspecified atom stereocenters.